The van der Waals surface area contributed by atoms with Gasteiger partial charge in [-0.25, -0.2) is 4.79 Å². The van der Waals surface area contributed by atoms with E-state index in [1.165, 1.54) is 0 Å². The van der Waals surface area contributed by atoms with Crippen molar-refractivity contribution in [3.63, 3.8) is 0 Å². The van der Waals surface area contributed by atoms with E-state index in [0.717, 1.165) is 18.5 Å². The molecule has 0 aromatic heterocycles. The SMILES string of the molecule is CC(C)=CC(=O)N1CCCN(C(=O)NCC(C)C)CC1. The summed E-state index contributed by atoms with van der Waals surface area (Å²) in [6.07, 6.45) is 2.49. The molecule has 0 spiro atoms. The van der Waals surface area contributed by atoms with Crippen molar-refractivity contribution < 1.29 is 9.59 Å². The van der Waals surface area contributed by atoms with Gasteiger partial charge in [-0.1, -0.05) is 19.4 Å². The van der Waals surface area contributed by atoms with Gasteiger partial charge in [0.25, 0.3) is 0 Å². The number of nitrogens with zero attached hydrogens (tertiary/aromatic N) is 2. The molecule has 114 valence electrons. The molecule has 1 aliphatic heterocycles. The Kier molecular flexibility index (Phi) is 6.55. The summed E-state index contributed by atoms with van der Waals surface area (Å²) >= 11 is 0. The fourth-order valence-electron chi connectivity index (χ4n) is 2.08. The maximum Gasteiger partial charge on any atom is 0.317 e. The number of carbonyl (C=O) groups excluding carboxylic acids is 2. The Morgan fingerprint density at radius 2 is 1.70 bits per heavy atom. The van der Waals surface area contributed by atoms with E-state index in [2.05, 4.69) is 19.2 Å². The molecule has 5 nitrogen and oxygen atoms in total. The van der Waals surface area contributed by atoms with E-state index in [1.54, 1.807) is 11.0 Å². The first-order chi connectivity index (χ1) is 9.40. The topological polar surface area (TPSA) is 52.7 Å². The number of amides is 3. The third kappa shape index (κ3) is 5.63. The Balaban J connectivity index is 2.48. The van der Waals surface area contributed by atoms with Gasteiger partial charge in [-0.15, -0.1) is 0 Å². The monoisotopic (exact) mass is 281 g/mol. The molecule has 1 saturated heterocycles. The molecule has 5 heteroatoms. The minimum Gasteiger partial charge on any atom is -0.338 e. The van der Waals surface area contributed by atoms with Gasteiger partial charge < -0.3 is 15.1 Å². The molecule has 1 N–H and O–H groups in total. The minimum atomic E-state index is -0.0183. The van der Waals surface area contributed by atoms with Crippen LogP contribution in [0, 0.1) is 5.92 Å². The second-order valence-electron chi connectivity index (χ2n) is 5.97. The summed E-state index contributed by atoms with van der Waals surface area (Å²) in [7, 11) is 0. The highest BCUT2D eigenvalue weighted by molar-refractivity contribution is 5.88. The van der Waals surface area contributed by atoms with E-state index in [9.17, 15) is 9.59 Å². The van der Waals surface area contributed by atoms with Crippen molar-refractivity contribution in [2.45, 2.75) is 34.1 Å². The number of rotatable bonds is 3. The molecule has 1 heterocycles. The van der Waals surface area contributed by atoms with Crippen molar-refractivity contribution in [3.05, 3.63) is 11.6 Å². The van der Waals surface area contributed by atoms with Crippen molar-refractivity contribution in [1.29, 1.82) is 0 Å². The lowest BCUT2D eigenvalue weighted by atomic mass is 10.2. The molecule has 0 aromatic carbocycles. The fraction of sp³-hybridized carbons (Fsp3) is 0.733. The van der Waals surface area contributed by atoms with Crippen LogP contribution in [0.4, 0.5) is 4.79 Å². The predicted octanol–water partition coefficient (Wildman–Crippen LogP) is 1.85. The second kappa shape index (κ2) is 7.92. The molecule has 1 aliphatic rings. The van der Waals surface area contributed by atoms with E-state index in [4.69, 9.17) is 0 Å². The summed E-state index contributed by atoms with van der Waals surface area (Å²) in [5.41, 5.74) is 1.01. The lowest BCUT2D eigenvalue weighted by Crippen LogP contribution is -2.43. The molecular weight excluding hydrogens is 254 g/mol. The summed E-state index contributed by atoms with van der Waals surface area (Å²) in [6, 6.07) is -0.0183. The van der Waals surface area contributed by atoms with E-state index in [-0.39, 0.29) is 11.9 Å². The van der Waals surface area contributed by atoms with Crippen LogP contribution in [0.25, 0.3) is 0 Å². The van der Waals surface area contributed by atoms with Gasteiger partial charge in [0.15, 0.2) is 0 Å². The van der Waals surface area contributed by atoms with Crippen LogP contribution in [0.1, 0.15) is 34.1 Å². The van der Waals surface area contributed by atoms with Crippen LogP contribution < -0.4 is 5.32 Å². The van der Waals surface area contributed by atoms with Gasteiger partial charge in [-0.2, -0.15) is 0 Å². The average Bonchev–Trinajstić information content (AvgIpc) is 2.60. The highest BCUT2D eigenvalue weighted by atomic mass is 16.2. The van der Waals surface area contributed by atoms with Gasteiger partial charge in [0, 0.05) is 38.8 Å². The Bertz CT molecular complexity index is 373. The molecule has 0 atom stereocenters. The Morgan fingerprint density at radius 1 is 1.10 bits per heavy atom. The smallest absolute Gasteiger partial charge is 0.317 e. The molecular formula is C15H27N3O2. The molecule has 0 aromatic rings. The van der Waals surface area contributed by atoms with Gasteiger partial charge in [-0.05, 0) is 26.2 Å². The zero-order valence-electron chi connectivity index (χ0n) is 13.1. The number of allylic oxidation sites excluding steroid dienone is 1. The van der Waals surface area contributed by atoms with Crippen LogP contribution >= 0.6 is 0 Å². The van der Waals surface area contributed by atoms with E-state index >= 15 is 0 Å². The highest BCUT2D eigenvalue weighted by Crippen LogP contribution is 2.05. The Labute approximate surface area is 122 Å². The summed E-state index contributed by atoms with van der Waals surface area (Å²) in [5.74, 6) is 0.496. The number of hydrogen-bond acceptors (Lipinski definition) is 2. The van der Waals surface area contributed by atoms with E-state index in [0.29, 0.717) is 32.1 Å². The van der Waals surface area contributed by atoms with Crippen LogP contribution in [0.5, 0.6) is 0 Å². The number of hydrogen-bond donors (Lipinski definition) is 1. The largest absolute Gasteiger partial charge is 0.338 e. The number of carbonyl (C=O) groups is 2. The molecule has 0 aliphatic carbocycles. The van der Waals surface area contributed by atoms with Crippen LogP contribution in [0.3, 0.4) is 0 Å². The first-order valence-electron chi connectivity index (χ1n) is 7.36. The normalized spacial score (nSPS) is 15.8. The number of urea groups is 1. The molecule has 0 saturated carbocycles. The first kappa shape index (κ1) is 16.5. The van der Waals surface area contributed by atoms with Gasteiger partial charge in [-0.3, -0.25) is 4.79 Å². The quantitative estimate of drug-likeness (QED) is 0.803. The minimum absolute atomic E-state index is 0.0183. The van der Waals surface area contributed by atoms with Crippen LogP contribution in [-0.4, -0.2) is 54.5 Å². The Morgan fingerprint density at radius 3 is 2.30 bits per heavy atom. The predicted molar refractivity (Wildman–Crippen MR) is 80.4 cm³/mol. The molecule has 3 amide bonds. The van der Waals surface area contributed by atoms with Crippen molar-refractivity contribution in [1.82, 2.24) is 15.1 Å². The molecule has 1 fully saturated rings. The maximum absolute atomic E-state index is 12.0. The molecule has 0 unspecified atom stereocenters. The van der Waals surface area contributed by atoms with Crippen LogP contribution in [-0.2, 0) is 4.79 Å². The van der Waals surface area contributed by atoms with Crippen molar-refractivity contribution in [2.75, 3.05) is 32.7 Å². The lowest BCUT2D eigenvalue weighted by molar-refractivity contribution is -0.125. The Hall–Kier alpha value is -1.52. The van der Waals surface area contributed by atoms with Gasteiger partial charge in [0.1, 0.15) is 0 Å². The summed E-state index contributed by atoms with van der Waals surface area (Å²) in [5, 5.41) is 2.93. The van der Waals surface area contributed by atoms with Crippen molar-refractivity contribution >= 4 is 11.9 Å². The van der Waals surface area contributed by atoms with Gasteiger partial charge >= 0.3 is 6.03 Å². The standard InChI is InChI=1S/C15H27N3O2/c1-12(2)10-14(19)17-6-5-7-18(9-8-17)15(20)16-11-13(3)4/h10,13H,5-9,11H2,1-4H3,(H,16,20). The highest BCUT2D eigenvalue weighted by Gasteiger charge is 2.20. The number of nitrogens with one attached hydrogen (secondary N) is 1. The lowest BCUT2D eigenvalue weighted by Gasteiger charge is -2.22. The van der Waals surface area contributed by atoms with Crippen LogP contribution in [0.2, 0.25) is 0 Å². The van der Waals surface area contributed by atoms with E-state index < -0.39 is 0 Å². The van der Waals surface area contributed by atoms with Gasteiger partial charge in [0.05, 0.1) is 0 Å². The summed E-state index contributed by atoms with van der Waals surface area (Å²) in [6.45, 7) is 11.3. The third-order valence-electron chi connectivity index (χ3n) is 3.17. The second-order valence-corrected chi connectivity index (χ2v) is 5.97. The fourth-order valence-corrected chi connectivity index (χ4v) is 2.08. The molecule has 1 rings (SSSR count). The zero-order valence-corrected chi connectivity index (χ0v) is 13.1. The summed E-state index contributed by atoms with van der Waals surface area (Å²) < 4.78 is 0. The van der Waals surface area contributed by atoms with Crippen molar-refractivity contribution in [2.24, 2.45) is 5.92 Å². The van der Waals surface area contributed by atoms with Crippen molar-refractivity contribution in [3.8, 4) is 0 Å². The first-order valence-corrected chi connectivity index (χ1v) is 7.36. The molecule has 20 heavy (non-hydrogen) atoms. The summed E-state index contributed by atoms with van der Waals surface area (Å²) in [4.78, 5) is 27.6. The zero-order chi connectivity index (χ0) is 15.1. The third-order valence-corrected chi connectivity index (χ3v) is 3.17. The molecule has 0 radical (unpaired) electrons. The van der Waals surface area contributed by atoms with Gasteiger partial charge in [0.2, 0.25) is 5.91 Å². The molecule has 0 bridgehead atoms. The van der Waals surface area contributed by atoms with Crippen LogP contribution in [0.15, 0.2) is 11.6 Å². The van der Waals surface area contributed by atoms with E-state index in [1.807, 2.05) is 18.7 Å². The maximum atomic E-state index is 12.0. The average molecular weight is 281 g/mol.